The number of aliphatic hydroxyl groups is 2. The first-order valence-electron chi connectivity index (χ1n) is 27.1. The highest BCUT2D eigenvalue weighted by Crippen LogP contribution is 2.47. The van der Waals surface area contributed by atoms with Crippen molar-refractivity contribution in [2.45, 2.75) is 154 Å². The van der Waals surface area contributed by atoms with Gasteiger partial charge in [-0.1, -0.05) is 69.3 Å². The Hall–Kier alpha value is -7.22. The minimum absolute atomic E-state index is 0.0237. The number of aliphatic hydroxyl groups excluding tert-OH is 1. The van der Waals surface area contributed by atoms with Crippen molar-refractivity contribution < 1.29 is 52.8 Å². The number of cyclic esters (lactones) is 1. The fourth-order valence-electron chi connectivity index (χ4n) is 11.5. The standard InChI is InChI=1S/C59H70FN7O11/c1-8-59(75)41-26-46-51-38(28-67(46)54(71)40(41)30-76-55(59)72)49-43(23-22-33-32(4)42(60)27-45(64-51)48(33)49)63-47(68)21-15-25-61-52(69)44(20-13-14-24-62-56(73)78-58(5,6)7)65-53(70)50(31(2)3)66-57(74)77-29-39-36-18-11-9-16-34(36)35-17-10-12-19-37(35)39/h9-12,16-19,26-27,31,39,43-44,47,50,63,68,75H,8,13-15,20-25,28-30H2,1-7H3,(H,61,69)(H,62,73)(H,65,70)(H,66,74)/t43-,44-,47?,50-,59-/m0/s1. The van der Waals surface area contributed by atoms with Gasteiger partial charge in [-0.3, -0.25) is 19.7 Å². The number of hydrogen-bond donors (Lipinski definition) is 7. The lowest BCUT2D eigenvalue weighted by Crippen LogP contribution is -2.55. The van der Waals surface area contributed by atoms with E-state index < -0.39 is 76.9 Å². The number of nitrogens with one attached hydrogen (secondary N) is 5. The molecule has 5 aromatic rings. The Bertz CT molecular complexity index is 3200. The third kappa shape index (κ3) is 11.1. The van der Waals surface area contributed by atoms with Crippen molar-refractivity contribution in [2.75, 3.05) is 19.7 Å². The van der Waals surface area contributed by atoms with Gasteiger partial charge in [0.2, 0.25) is 11.8 Å². The summed E-state index contributed by atoms with van der Waals surface area (Å²) in [5.74, 6) is -2.88. The van der Waals surface area contributed by atoms with Gasteiger partial charge in [0, 0.05) is 47.6 Å². The number of nitrogens with zero attached hydrogens (tertiary/aromatic N) is 2. The molecular formula is C59H70FN7O11. The van der Waals surface area contributed by atoms with Gasteiger partial charge in [-0.25, -0.2) is 23.8 Å². The number of aryl methyl sites for hydroxylation is 1. The molecule has 2 aliphatic heterocycles. The van der Waals surface area contributed by atoms with Crippen molar-refractivity contribution in [3.05, 3.63) is 121 Å². The maximum atomic E-state index is 15.5. The number of ether oxygens (including phenoxy) is 3. The van der Waals surface area contributed by atoms with Crippen molar-refractivity contribution in [3.63, 3.8) is 0 Å². The number of alkyl carbamates (subject to hydrolysis) is 2. The van der Waals surface area contributed by atoms with E-state index in [0.717, 1.165) is 38.8 Å². The largest absolute Gasteiger partial charge is 0.458 e. The summed E-state index contributed by atoms with van der Waals surface area (Å²) in [6.07, 6.45) is 0.165. The minimum Gasteiger partial charge on any atom is -0.458 e. The van der Waals surface area contributed by atoms with Crippen molar-refractivity contribution in [2.24, 2.45) is 5.92 Å². The van der Waals surface area contributed by atoms with Crippen LogP contribution in [0.1, 0.15) is 143 Å². The summed E-state index contributed by atoms with van der Waals surface area (Å²) in [7, 11) is 0. The third-order valence-electron chi connectivity index (χ3n) is 15.5. The van der Waals surface area contributed by atoms with Crippen molar-refractivity contribution >= 4 is 40.9 Å². The Labute approximate surface area is 452 Å². The average molecular weight is 1070 g/mol. The van der Waals surface area contributed by atoms with Crippen LogP contribution in [0, 0.1) is 18.7 Å². The number of carbonyl (C=O) groups is 5. The van der Waals surface area contributed by atoms with E-state index >= 15 is 4.39 Å². The number of carbonyl (C=O) groups excluding carboxylic acids is 5. The molecule has 5 atom stereocenters. The van der Waals surface area contributed by atoms with Crippen LogP contribution in [0.2, 0.25) is 0 Å². The minimum atomic E-state index is -2.03. The second-order valence-corrected chi connectivity index (χ2v) is 22.2. The zero-order chi connectivity index (χ0) is 55.8. The number of aromatic nitrogens is 2. The fraction of sp³-hybridized carbons (Fsp3) is 0.475. The van der Waals surface area contributed by atoms with E-state index in [2.05, 4.69) is 26.6 Å². The van der Waals surface area contributed by atoms with Crippen molar-refractivity contribution in [3.8, 4) is 22.5 Å². The number of hydrogen-bond acceptors (Lipinski definition) is 13. The first-order valence-corrected chi connectivity index (χ1v) is 27.1. The normalized spacial score (nSPS) is 18.1. The van der Waals surface area contributed by atoms with Crippen molar-refractivity contribution in [1.29, 1.82) is 0 Å². The molecule has 2 aliphatic carbocycles. The van der Waals surface area contributed by atoms with Crippen molar-refractivity contribution in [1.82, 2.24) is 36.1 Å². The van der Waals surface area contributed by atoms with Gasteiger partial charge in [-0.2, -0.15) is 0 Å². The molecule has 1 unspecified atom stereocenters. The molecule has 0 saturated heterocycles. The van der Waals surface area contributed by atoms with Crippen LogP contribution in [-0.4, -0.2) is 93.3 Å². The maximum absolute atomic E-state index is 15.5. The quantitative estimate of drug-likeness (QED) is 0.0186. The fourth-order valence-corrected chi connectivity index (χ4v) is 11.5. The Morgan fingerprint density at radius 1 is 0.897 bits per heavy atom. The number of halogens is 1. The van der Waals surface area contributed by atoms with E-state index in [1.807, 2.05) is 48.5 Å². The van der Waals surface area contributed by atoms with Crippen LogP contribution in [0.15, 0.2) is 65.5 Å². The number of fused-ring (bicyclic) bond motifs is 8. The molecule has 414 valence electrons. The molecule has 18 nitrogen and oxygen atoms in total. The Morgan fingerprint density at radius 3 is 2.27 bits per heavy atom. The molecule has 4 amide bonds. The predicted molar refractivity (Wildman–Crippen MR) is 289 cm³/mol. The number of amides is 4. The SMILES string of the molecule is CC[C@@]1(O)C(=O)OCc2c1cc1n(c2=O)Cc2c-1nc1cc(F)c(C)c3c1c2[C@@H](NC(O)CCCNC(=O)[C@H](CCCCNC(=O)OC(C)(C)C)NC(=O)[C@@H](NC(=O)OCC1c2ccccc2-c2ccccc21)C(C)C)CC3. The molecule has 0 fully saturated rings. The molecule has 4 heterocycles. The highest BCUT2D eigenvalue weighted by atomic mass is 19.1. The third-order valence-corrected chi connectivity index (χ3v) is 15.5. The van der Waals surface area contributed by atoms with Crippen LogP contribution in [-0.2, 0) is 53.8 Å². The number of rotatable bonds is 19. The smallest absolute Gasteiger partial charge is 0.407 e. The second kappa shape index (κ2) is 22.6. The molecule has 0 bridgehead atoms. The molecule has 3 aromatic carbocycles. The van der Waals surface area contributed by atoms with E-state index in [1.165, 1.54) is 10.6 Å². The number of esters is 1. The zero-order valence-electron chi connectivity index (χ0n) is 45.3. The first-order chi connectivity index (χ1) is 37.2. The summed E-state index contributed by atoms with van der Waals surface area (Å²) in [6, 6.07) is 16.4. The van der Waals surface area contributed by atoms with Gasteiger partial charge in [0.05, 0.1) is 29.0 Å². The summed E-state index contributed by atoms with van der Waals surface area (Å²) in [6.45, 7) is 12.5. The van der Waals surface area contributed by atoms with Gasteiger partial charge in [0.25, 0.3) is 5.56 Å². The van der Waals surface area contributed by atoms with Crippen LogP contribution in [0.4, 0.5) is 14.0 Å². The van der Waals surface area contributed by atoms with E-state index in [1.54, 1.807) is 54.5 Å². The monoisotopic (exact) mass is 1070 g/mol. The molecule has 4 aliphatic rings. The van der Waals surface area contributed by atoms with Crippen LogP contribution in [0.25, 0.3) is 33.4 Å². The molecule has 0 radical (unpaired) electrons. The Kier molecular flexibility index (Phi) is 16.1. The predicted octanol–water partition coefficient (Wildman–Crippen LogP) is 7.06. The van der Waals surface area contributed by atoms with Gasteiger partial charge in [-0.05, 0) is 130 Å². The molecule has 0 saturated carbocycles. The molecule has 0 spiro atoms. The maximum Gasteiger partial charge on any atom is 0.407 e. The highest BCUT2D eigenvalue weighted by molar-refractivity contribution is 5.94. The summed E-state index contributed by atoms with van der Waals surface area (Å²) >= 11 is 0. The molecule has 78 heavy (non-hydrogen) atoms. The summed E-state index contributed by atoms with van der Waals surface area (Å²) in [5, 5.41) is 38.4. The summed E-state index contributed by atoms with van der Waals surface area (Å²) in [4.78, 5) is 85.6. The lowest BCUT2D eigenvalue weighted by atomic mass is 9.81. The van der Waals surface area contributed by atoms with Gasteiger partial charge in [0.1, 0.15) is 42.9 Å². The van der Waals surface area contributed by atoms with E-state index in [0.29, 0.717) is 60.1 Å². The van der Waals surface area contributed by atoms with Gasteiger partial charge >= 0.3 is 18.2 Å². The molecule has 7 N–H and O–H groups in total. The van der Waals surface area contributed by atoms with Crippen LogP contribution >= 0.6 is 0 Å². The highest BCUT2D eigenvalue weighted by Gasteiger charge is 2.46. The first kappa shape index (κ1) is 55.5. The number of unbranched alkanes of at least 4 members (excludes halogenated alkanes) is 1. The Morgan fingerprint density at radius 2 is 1.59 bits per heavy atom. The van der Waals surface area contributed by atoms with Crippen LogP contribution in [0.3, 0.4) is 0 Å². The molecule has 9 rings (SSSR count). The molecule has 19 heteroatoms. The lowest BCUT2D eigenvalue weighted by Gasteiger charge is -2.31. The Balaban J connectivity index is 0.853. The van der Waals surface area contributed by atoms with Gasteiger partial charge < -0.3 is 50.3 Å². The number of pyridine rings is 2. The van der Waals surface area contributed by atoms with E-state index in [4.69, 9.17) is 19.2 Å². The van der Waals surface area contributed by atoms with E-state index in [9.17, 15) is 39.0 Å². The second-order valence-electron chi connectivity index (χ2n) is 22.2. The molecule has 2 aromatic heterocycles. The average Bonchev–Trinajstić information content (AvgIpc) is 4.15. The van der Waals surface area contributed by atoms with Gasteiger partial charge in [-0.15, -0.1) is 0 Å². The van der Waals surface area contributed by atoms with E-state index in [-0.39, 0.29) is 75.1 Å². The summed E-state index contributed by atoms with van der Waals surface area (Å²) in [5.41, 5.74) is 5.41. The van der Waals surface area contributed by atoms with Crippen LogP contribution < -0.4 is 32.1 Å². The van der Waals surface area contributed by atoms with Crippen LogP contribution in [0.5, 0.6) is 0 Å². The summed E-state index contributed by atoms with van der Waals surface area (Å²) < 4.78 is 33.4. The zero-order valence-corrected chi connectivity index (χ0v) is 45.3. The van der Waals surface area contributed by atoms with Gasteiger partial charge in [0.15, 0.2) is 5.60 Å². The topological polar surface area (TPSA) is 249 Å². The molecular weight excluding hydrogens is 1000 g/mol. The lowest BCUT2D eigenvalue weighted by molar-refractivity contribution is -0.172. The number of benzene rings is 3.